The minimum atomic E-state index is -2.49. The Bertz CT molecular complexity index is 233. The third-order valence-electron chi connectivity index (χ3n) is 1.29. The number of hydrogen-bond donors (Lipinski definition) is 1. The summed E-state index contributed by atoms with van der Waals surface area (Å²) in [6.07, 6.45) is -4.76. The number of hydrogen-bond acceptors (Lipinski definition) is 1. The van der Waals surface area contributed by atoms with Crippen LogP contribution in [0.5, 0.6) is 0 Å². The lowest BCUT2D eigenvalue weighted by molar-refractivity contribution is 0.0871. The van der Waals surface area contributed by atoms with Crippen molar-refractivity contribution in [2.24, 2.45) is 0 Å². The average molecular weight is 168 g/mol. The standard InChI is InChI=1S/C6H4F4O/c7-2-1-3(8)5(10)6(11)4(2)9/h1,4,6,11H. The fraction of sp³-hybridized carbons (Fsp3) is 0.333. The lowest BCUT2D eigenvalue weighted by Gasteiger charge is -2.16. The summed E-state index contributed by atoms with van der Waals surface area (Å²) >= 11 is 0. The summed E-state index contributed by atoms with van der Waals surface area (Å²) in [6, 6.07) is 0. The van der Waals surface area contributed by atoms with Gasteiger partial charge in [0.25, 0.3) is 0 Å². The largest absolute Gasteiger partial charge is 0.382 e. The van der Waals surface area contributed by atoms with E-state index in [1.165, 1.54) is 0 Å². The summed E-state index contributed by atoms with van der Waals surface area (Å²) in [5.41, 5.74) is 0. The van der Waals surface area contributed by atoms with Gasteiger partial charge in [0.2, 0.25) is 0 Å². The highest BCUT2D eigenvalue weighted by Crippen LogP contribution is 2.29. The van der Waals surface area contributed by atoms with Crippen LogP contribution >= 0.6 is 0 Å². The molecule has 11 heavy (non-hydrogen) atoms. The lowest BCUT2D eigenvalue weighted by Crippen LogP contribution is -2.26. The van der Waals surface area contributed by atoms with Crippen molar-refractivity contribution in [3.05, 3.63) is 23.6 Å². The van der Waals surface area contributed by atoms with Crippen molar-refractivity contribution in [3.63, 3.8) is 0 Å². The summed E-state index contributed by atoms with van der Waals surface area (Å²) < 4.78 is 48.7. The fourth-order valence-electron chi connectivity index (χ4n) is 0.690. The van der Waals surface area contributed by atoms with Gasteiger partial charge in [-0.2, -0.15) is 0 Å². The SMILES string of the molecule is OC1C(F)=C(F)C=C(F)C1F. The molecule has 0 heterocycles. The zero-order valence-corrected chi connectivity index (χ0v) is 5.19. The molecule has 0 radical (unpaired) electrons. The molecule has 2 unspecified atom stereocenters. The van der Waals surface area contributed by atoms with E-state index in [4.69, 9.17) is 5.11 Å². The van der Waals surface area contributed by atoms with E-state index in [0.29, 0.717) is 0 Å². The van der Waals surface area contributed by atoms with Crippen molar-refractivity contribution in [3.8, 4) is 0 Å². The Morgan fingerprint density at radius 2 is 1.82 bits per heavy atom. The predicted octanol–water partition coefficient (Wildman–Crippen LogP) is 1.70. The molecule has 1 rings (SSSR count). The lowest BCUT2D eigenvalue weighted by atomic mass is 10.1. The van der Waals surface area contributed by atoms with Gasteiger partial charge in [-0.25, -0.2) is 17.6 Å². The molecule has 1 nitrogen and oxygen atoms in total. The minimum Gasteiger partial charge on any atom is -0.382 e. The van der Waals surface area contributed by atoms with Gasteiger partial charge in [0.15, 0.2) is 17.8 Å². The third-order valence-corrected chi connectivity index (χ3v) is 1.29. The summed E-state index contributed by atoms with van der Waals surface area (Å²) in [5.74, 6) is -4.74. The smallest absolute Gasteiger partial charge is 0.184 e. The van der Waals surface area contributed by atoms with Crippen LogP contribution in [0, 0.1) is 0 Å². The van der Waals surface area contributed by atoms with Gasteiger partial charge in [0.1, 0.15) is 11.9 Å². The molecule has 2 atom stereocenters. The van der Waals surface area contributed by atoms with Crippen LogP contribution in [0.1, 0.15) is 0 Å². The van der Waals surface area contributed by atoms with Crippen molar-refractivity contribution in [2.75, 3.05) is 0 Å². The first-order valence-electron chi connectivity index (χ1n) is 2.78. The summed E-state index contributed by atoms with van der Waals surface area (Å²) in [5, 5.41) is 8.46. The van der Waals surface area contributed by atoms with E-state index in [2.05, 4.69) is 0 Å². The van der Waals surface area contributed by atoms with Gasteiger partial charge in [0.05, 0.1) is 0 Å². The van der Waals surface area contributed by atoms with Gasteiger partial charge in [0, 0.05) is 6.08 Å². The van der Waals surface area contributed by atoms with Crippen LogP contribution in [0.15, 0.2) is 23.6 Å². The van der Waals surface area contributed by atoms with Gasteiger partial charge in [-0.05, 0) is 0 Å². The molecule has 1 aliphatic rings. The molecule has 0 aromatic heterocycles. The summed E-state index contributed by atoms with van der Waals surface area (Å²) in [6.45, 7) is 0. The molecular formula is C6H4F4O. The Morgan fingerprint density at radius 1 is 1.27 bits per heavy atom. The number of halogens is 4. The highest BCUT2D eigenvalue weighted by atomic mass is 19.2. The monoisotopic (exact) mass is 168 g/mol. The molecule has 0 aliphatic heterocycles. The van der Waals surface area contributed by atoms with Crippen LogP contribution in [0.3, 0.4) is 0 Å². The number of allylic oxidation sites excluding steroid dienone is 2. The Balaban J connectivity index is 3.01. The van der Waals surface area contributed by atoms with E-state index < -0.39 is 29.8 Å². The zero-order chi connectivity index (χ0) is 8.59. The molecule has 0 bridgehead atoms. The first kappa shape index (κ1) is 8.26. The van der Waals surface area contributed by atoms with Crippen molar-refractivity contribution in [1.82, 2.24) is 0 Å². The second kappa shape index (κ2) is 2.65. The quantitative estimate of drug-likeness (QED) is 0.546. The maximum atomic E-state index is 12.3. The minimum absolute atomic E-state index is 0.0761. The first-order chi connectivity index (χ1) is 5.04. The molecule has 1 aliphatic carbocycles. The Morgan fingerprint density at radius 3 is 2.36 bits per heavy atom. The van der Waals surface area contributed by atoms with E-state index in [1.807, 2.05) is 0 Å². The first-order valence-corrected chi connectivity index (χ1v) is 2.78. The van der Waals surface area contributed by atoms with Crippen molar-refractivity contribution < 1.29 is 22.7 Å². The van der Waals surface area contributed by atoms with Crippen LogP contribution in [0.25, 0.3) is 0 Å². The Hall–Kier alpha value is -0.840. The highest BCUT2D eigenvalue weighted by Gasteiger charge is 2.33. The second-order valence-corrected chi connectivity index (χ2v) is 2.07. The molecular weight excluding hydrogens is 164 g/mol. The predicted molar refractivity (Wildman–Crippen MR) is 29.3 cm³/mol. The molecule has 0 fully saturated rings. The van der Waals surface area contributed by atoms with E-state index in [1.54, 1.807) is 0 Å². The molecule has 0 aromatic carbocycles. The van der Waals surface area contributed by atoms with Crippen LogP contribution in [0.4, 0.5) is 17.6 Å². The number of aliphatic hydroxyl groups is 1. The van der Waals surface area contributed by atoms with Crippen LogP contribution < -0.4 is 0 Å². The molecule has 0 saturated heterocycles. The van der Waals surface area contributed by atoms with Gasteiger partial charge in [-0.15, -0.1) is 0 Å². The molecule has 5 heteroatoms. The van der Waals surface area contributed by atoms with Gasteiger partial charge in [-0.1, -0.05) is 0 Å². The molecule has 0 amide bonds. The molecule has 0 aromatic rings. The highest BCUT2D eigenvalue weighted by molar-refractivity contribution is 5.29. The molecule has 0 saturated carbocycles. The van der Waals surface area contributed by atoms with E-state index in [9.17, 15) is 17.6 Å². The fourth-order valence-corrected chi connectivity index (χ4v) is 0.690. The molecule has 0 spiro atoms. The maximum absolute atomic E-state index is 12.3. The summed E-state index contributed by atoms with van der Waals surface area (Å²) in [7, 11) is 0. The van der Waals surface area contributed by atoms with Gasteiger partial charge in [-0.3, -0.25) is 0 Å². The normalized spacial score (nSPS) is 32.3. The van der Waals surface area contributed by atoms with Crippen molar-refractivity contribution >= 4 is 0 Å². The van der Waals surface area contributed by atoms with E-state index >= 15 is 0 Å². The van der Waals surface area contributed by atoms with Gasteiger partial charge < -0.3 is 5.11 Å². The number of aliphatic hydroxyl groups excluding tert-OH is 1. The van der Waals surface area contributed by atoms with E-state index in [-0.39, 0.29) is 6.08 Å². The Kier molecular flexibility index (Phi) is 1.99. The maximum Gasteiger partial charge on any atom is 0.184 e. The van der Waals surface area contributed by atoms with Crippen LogP contribution in [0.2, 0.25) is 0 Å². The van der Waals surface area contributed by atoms with Crippen LogP contribution in [-0.4, -0.2) is 17.4 Å². The zero-order valence-electron chi connectivity index (χ0n) is 5.19. The third kappa shape index (κ3) is 1.28. The summed E-state index contributed by atoms with van der Waals surface area (Å²) in [4.78, 5) is 0. The number of alkyl halides is 1. The van der Waals surface area contributed by atoms with Gasteiger partial charge >= 0.3 is 0 Å². The van der Waals surface area contributed by atoms with E-state index in [0.717, 1.165) is 0 Å². The van der Waals surface area contributed by atoms with Crippen molar-refractivity contribution in [2.45, 2.75) is 12.3 Å². The topological polar surface area (TPSA) is 20.2 Å². The molecule has 62 valence electrons. The van der Waals surface area contributed by atoms with Crippen LogP contribution in [-0.2, 0) is 0 Å². The Labute approximate surface area is 59.6 Å². The average Bonchev–Trinajstić information content (AvgIpc) is 1.97. The van der Waals surface area contributed by atoms with Crippen molar-refractivity contribution in [1.29, 1.82) is 0 Å². The number of rotatable bonds is 0. The molecule has 1 N–H and O–H groups in total. The second-order valence-electron chi connectivity index (χ2n) is 2.07.